The molecule has 31 heavy (non-hydrogen) atoms. The van der Waals surface area contributed by atoms with Crippen LogP contribution in [0.4, 0.5) is 0 Å². The summed E-state index contributed by atoms with van der Waals surface area (Å²) in [6.45, 7) is -1.14. The van der Waals surface area contributed by atoms with Gasteiger partial charge in [0.05, 0.1) is 35.8 Å². The van der Waals surface area contributed by atoms with Gasteiger partial charge in [0, 0.05) is 6.20 Å². The fraction of sp³-hybridized carbons (Fsp3) is 0.318. The van der Waals surface area contributed by atoms with E-state index < -0.39 is 34.4 Å². The third-order valence-corrected chi connectivity index (χ3v) is 7.62. The van der Waals surface area contributed by atoms with E-state index in [0.717, 1.165) is 5.57 Å². The third-order valence-electron chi connectivity index (χ3n) is 5.27. The van der Waals surface area contributed by atoms with Crippen LogP contribution in [0.3, 0.4) is 0 Å². The highest BCUT2D eigenvalue weighted by Gasteiger charge is 2.40. The Balaban J connectivity index is 1.90. The van der Waals surface area contributed by atoms with Crippen molar-refractivity contribution in [3.8, 4) is 5.75 Å². The minimum Gasteiger partial charge on any atom is -0.508 e. The predicted octanol–water partition coefficient (Wildman–Crippen LogP) is 2.20. The number of halogens is 1. The summed E-state index contributed by atoms with van der Waals surface area (Å²) >= 11 is 6.23. The number of hydrogen-bond acceptors (Lipinski definition) is 7. The molecular formula is C22H24ClNO6S. The quantitative estimate of drug-likeness (QED) is 0.440. The van der Waals surface area contributed by atoms with Crippen LogP contribution < -0.4 is 0 Å². The maximum atomic E-state index is 12.3. The monoisotopic (exact) mass is 465 g/mol. The van der Waals surface area contributed by atoms with E-state index in [1.165, 1.54) is 12.1 Å². The maximum Gasteiger partial charge on any atom is 0.163 e. The molecule has 2 aromatic rings. The van der Waals surface area contributed by atoms with Crippen molar-refractivity contribution in [2.75, 3.05) is 19.0 Å². The lowest BCUT2D eigenvalue weighted by molar-refractivity contribution is 0.188. The average Bonchev–Trinajstić information content (AvgIpc) is 3.02. The molecule has 9 heteroatoms. The summed E-state index contributed by atoms with van der Waals surface area (Å²) < 4.78 is 24.5. The zero-order valence-electron chi connectivity index (χ0n) is 16.6. The molecule has 166 valence electrons. The topological polar surface area (TPSA) is 128 Å². The Labute approximate surface area is 185 Å². The first-order chi connectivity index (χ1) is 14.8. The van der Waals surface area contributed by atoms with Crippen LogP contribution in [0.25, 0.3) is 11.6 Å². The normalized spacial score (nSPS) is 19.6. The lowest BCUT2D eigenvalue weighted by Gasteiger charge is -2.19. The minimum atomic E-state index is -3.65. The van der Waals surface area contributed by atoms with Crippen LogP contribution in [0.15, 0.2) is 53.7 Å². The molecule has 2 atom stereocenters. The number of aromatic hydroxyl groups is 1. The van der Waals surface area contributed by atoms with Crippen LogP contribution in [-0.4, -0.2) is 64.1 Å². The van der Waals surface area contributed by atoms with E-state index in [-0.39, 0.29) is 29.1 Å². The van der Waals surface area contributed by atoms with E-state index in [2.05, 4.69) is 4.98 Å². The molecule has 3 rings (SSSR count). The first-order valence-corrected chi connectivity index (χ1v) is 11.8. The van der Waals surface area contributed by atoms with Gasteiger partial charge in [0.15, 0.2) is 9.84 Å². The number of benzene rings is 1. The average molecular weight is 466 g/mol. The third kappa shape index (κ3) is 5.34. The van der Waals surface area contributed by atoms with Gasteiger partial charge >= 0.3 is 0 Å². The number of phenolic OH excluding ortho intramolecular Hbond substituents is 1. The largest absolute Gasteiger partial charge is 0.508 e. The molecule has 0 spiro atoms. The van der Waals surface area contributed by atoms with E-state index in [9.17, 15) is 28.8 Å². The second-order valence-electron chi connectivity index (χ2n) is 7.34. The van der Waals surface area contributed by atoms with E-state index in [0.29, 0.717) is 22.7 Å². The van der Waals surface area contributed by atoms with Gasteiger partial charge in [0.1, 0.15) is 11.0 Å². The Morgan fingerprint density at radius 1 is 1.26 bits per heavy atom. The highest BCUT2D eigenvalue weighted by molar-refractivity contribution is 7.92. The lowest BCUT2D eigenvalue weighted by Crippen LogP contribution is -2.29. The molecule has 0 fully saturated rings. The predicted molar refractivity (Wildman–Crippen MR) is 119 cm³/mol. The molecule has 0 radical (unpaired) electrons. The van der Waals surface area contributed by atoms with Crippen molar-refractivity contribution in [1.82, 2.24) is 4.98 Å². The highest BCUT2D eigenvalue weighted by Crippen LogP contribution is 2.33. The van der Waals surface area contributed by atoms with Gasteiger partial charge in [-0.3, -0.25) is 4.98 Å². The van der Waals surface area contributed by atoms with Gasteiger partial charge in [-0.15, -0.1) is 0 Å². The van der Waals surface area contributed by atoms with Gasteiger partial charge in [0.2, 0.25) is 0 Å². The second kappa shape index (κ2) is 9.93. The molecular weight excluding hydrogens is 442 g/mol. The smallest absolute Gasteiger partial charge is 0.163 e. The first-order valence-electron chi connectivity index (χ1n) is 9.70. The molecule has 0 amide bonds. The Morgan fingerprint density at radius 2 is 2.03 bits per heavy atom. The Hall–Kier alpha value is -2.23. The van der Waals surface area contributed by atoms with E-state index in [4.69, 9.17) is 11.6 Å². The summed E-state index contributed by atoms with van der Waals surface area (Å²) in [5, 5.41) is 38.6. The summed E-state index contributed by atoms with van der Waals surface area (Å²) in [4.78, 5) is 4.35. The number of hydrogen-bond donors (Lipinski definition) is 4. The number of sulfone groups is 1. The van der Waals surface area contributed by atoms with Gasteiger partial charge < -0.3 is 20.4 Å². The zero-order valence-corrected chi connectivity index (χ0v) is 18.2. The number of allylic oxidation sites excluding steroid dienone is 1. The van der Waals surface area contributed by atoms with Crippen LogP contribution in [0.5, 0.6) is 5.75 Å². The van der Waals surface area contributed by atoms with Crippen LogP contribution in [-0.2, 0) is 9.84 Å². The molecule has 0 saturated carbocycles. The highest BCUT2D eigenvalue weighted by atomic mass is 35.5. The van der Waals surface area contributed by atoms with Crippen LogP contribution in [0.1, 0.15) is 24.1 Å². The number of rotatable bonds is 8. The second-order valence-corrected chi connectivity index (χ2v) is 9.93. The number of aromatic nitrogens is 1. The lowest BCUT2D eigenvalue weighted by atomic mass is 9.94. The van der Waals surface area contributed by atoms with Gasteiger partial charge in [-0.1, -0.05) is 17.7 Å². The maximum absolute atomic E-state index is 12.3. The summed E-state index contributed by atoms with van der Waals surface area (Å²) in [5.41, 5.74) is 2.47. The molecule has 4 N–H and O–H groups in total. The van der Waals surface area contributed by atoms with Crippen LogP contribution in [0, 0.1) is 0 Å². The number of pyridine rings is 1. The Kier molecular flexibility index (Phi) is 7.51. The summed E-state index contributed by atoms with van der Waals surface area (Å²) in [6.07, 6.45) is 2.76. The van der Waals surface area contributed by atoms with E-state index >= 15 is 0 Å². The molecule has 1 aliphatic rings. The van der Waals surface area contributed by atoms with Crippen molar-refractivity contribution in [2.24, 2.45) is 0 Å². The molecule has 7 nitrogen and oxygen atoms in total. The van der Waals surface area contributed by atoms with Crippen LogP contribution >= 0.6 is 11.6 Å². The summed E-state index contributed by atoms with van der Waals surface area (Å²) in [5.74, 6) is -0.328. The summed E-state index contributed by atoms with van der Waals surface area (Å²) in [6, 6.07) is 10.00. The van der Waals surface area contributed by atoms with Crippen molar-refractivity contribution in [2.45, 2.75) is 24.2 Å². The molecule has 0 aliphatic carbocycles. The number of aliphatic hydroxyl groups is 3. The minimum absolute atomic E-state index is 0.0397. The summed E-state index contributed by atoms with van der Waals surface area (Å²) in [7, 11) is -3.65. The van der Waals surface area contributed by atoms with Gasteiger partial charge in [0.25, 0.3) is 0 Å². The van der Waals surface area contributed by atoms with E-state index in [1.807, 2.05) is 12.1 Å². The zero-order chi connectivity index (χ0) is 22.6. The first kappa shape index (κ1) is 23.4. The number of nitrogens with zero attached hydrogens (tertiary/aromatic N) is 1. The van der Waals surface area contributed by atoms with Crippen molar-refractivity contribution < 1.29 is 28.8 Å². The van der Waals surface area contributed by atoms with Crippen LogP contribution in [0.2, 0.25) is 5.02 Å². The van der Waals surface area contributed by atoms with Gasteiger partial charge in [-0.25, -0.2) is 8.42 Å². The molecule has 2 heterocycles. The molecule has 1 aliphatic heterocycles. The fourth-order valence-electron chi connectivity index (χ4n) is 3.74. The molecule has 1 aromatic carbocycles. The number of aliphatic hydroxyl groups excluding tert-OH is 3. The molecule has 0 saturated heterocycles. The fourth-order valence-corrected chi connectivity index (χ4v) is 5.85. The molecule has 0 bridgehead atoms. The molecule has 0 unspecified atom stereocenters. The van der Waals surface area contributed by atoms with Crippen molar-refractivity contribution in [3.63, 3.8) is 0 Å². The molecule has 1 aromatic heterocycles. The Bertz CT molecular complexity index is 1100. The van der Waals surface area contributed by atoms with Crippen molar-refractivity contribution in [3.05, 3.63) is 70.0 Å². The van der Waals surface area contributed by atoms with Gasteiger partial charge in [-0.2, -0.15) is 0 Å². The SMILES string of the molecule is O=S1(=O)CC(CO)=C([C@H](O)CC/C(=C/c2ccc(O)cc2Cl)c2ccccn2)[C@@H]1CO. The number of phenols is 1. The van der Waals surface area contributed by atoms with Gasteiger partial charge in [-0.05, 0) is 71.5 Å². The van der Waals surface area contributed by atoms with Crippen molar-refractivity contribution in [1.29, 1.82) is 0 Å². The van der Waals surface area contributed by atoms with Crippen molar-refractivity contribution >= 4 is 33.1 Å². The van der Waals surface area contributed by atoms with E-state index in [1.54, 1.807) is 24.4 Å². The standard InChI is InChI=1S/C22H24ClNO6S/c23-18-10-17(27)6-4-14(18)9-15(19-3-1-2-8-24-19)5-7-20(28)22-16(11-25)13-31(29,30)21(22)12-26/h1-4,6,8-10,20-21,25-28H,5,7,11-13H2/b15-9-/t20-,21+/m1/s1. The Morgan fingerprint density at radius 3 is 2.65 bits per heavy atom.